The van der Waals surface area contributed by atoms with Gasteiger partial charge < -0.3 is 14.8 Å². The van der Waals surface area contributed by atoms with E-state index in [0.29, 0.717) is 31.7 Å². The Morgan fingerprint density at radius 2 is 2.00 bits per heavy atom. The van der Waals surface area contributed by atoms with Crippen LogP contribution in [0.25, 0.3) is 16.4 Å². The normalized spacial score (nSPS) is 11.0. The quantitative estimate of drug-likeness (QED) is 0.549. The van der Waals surface area contributed by atoms with Gasteiger partial charge in [-0.15, -0.1) is 16.4 Å². The largest absolute Gasteiger partial charge is 0.460 e. The Labute approximate surface area is 168 Å². The maximum Gasteiger partial charge on any atom is 0.336 e. The summed E-state index contributed by atoms with van der Waals surface area (Å²) < 4.78 is 12.7. The fraction of sp³-hybridized carbons (Fsp3) is 0.350. The number of thiophene rings is 1. The number of carbonyl (C=O) groups excluding carboxylic acids is 1. The lowest BCUT2D eigenvalue weighted by molar-refractivity contribution is -0.118. The number of ether oxygens (including phenoxy) is 2. The van der Waals surface area contributed by atoms with Crippen LogP contribution in [-0.4, -0.2) is 40.5 Å². The van der Waals surface area contributed by atoms with E-state index in [1.165, 1.54) is 0 Å². The van der Waals surface area contributed by atoms with Crippen molar-refractivity contribution in [3.63, 3.8) is 0 Å². The molecule has 0 atom stereocenters. The molecule has 0 fully saturated rings. The number of anilines is 1. The second kappa shape index (κ2) is 9.48. The zero-order chi connectivity index (χ0) is 19.9. The van der Waals surface area contributed by atoms with Crippen molar-refractivity contribution in [2.75, 3.05) is 25.1 Å². The van der Waals surface area contributed by atoms with Crippen LogP contribution in [0.5, 0.6) is 6.01 Å². The minimum absolute atomic E-state index is 0.0160. The highest BCUT2D eigenvalue weighted by molar-refractivity contribution is 7.13. The van der Waals surface area contributed by atoms with Gasteiger partial charge in [0.2, 0.25) is 5.91 Å². The zero-order valence-electron chi connectivity index (χ0n) is 16.2. The van der Waals surface area contributed by atoms with Gasteiger partial charge in [0.15, 0.2) is 5.82 Å². The molecular weight excluding hydrogens is 376 g/mol. The van der Waals surface area contributed by atoms with Crippen LogP contribution in [-0.2, 0) is 9.53 Å². The summed E-state index contributed by atoms with van der Waals surface area (Å²) in [4.78, 5) is 17.4. The van der Waals surface area contributed by atoms with E-state index in [1.54, 1.807) is 16.0 Å². The monoisotopic (exact) mass is 400 g/mol. The van der Waals surface area contributed by atoms with E-state index < -0.39 is 0 Å². The maximum atomic E-state index is 11.9. The molecule has 0 radical (unpaired) electrons. The lowest BCUT2D eigenvalue weighted by Crippen LogP contribution is -2.17. The number of rotatable bonds is 9. The summed E-state index contributed by atoms with van der Waals surface area (Å²) in [6.45, 7) is 7.19. The van der Waals surface area contributed by atoms with Crippen molar-refractivity contribution < 1.29 is 14.3 Å². The van der Waals surface area contributed by atoms with E-state index in [0.717, 1.165) is 16.3 Å². The predicted octanol–water partition coefficient (Wildman–Crippen LogP) is 4.01. The molecule has 0 saturated heterocycles. The van der Waals surface area contributed by atoms with Crippen LogP contribution in [0.2, 0.25) is 0 Å². The van der Waals surface area contributed by atoms with Crippen molar-refractivity contribution in [2.24, 2.45) is 5.92 Å². The number of aromatic nitrogens is 3. The molecule has 148 valence electrons. The Bertz CT molecular complexity index is 889. The highest BCUT2D eigenvalue weighted by Crippen LogP contribution is 2.27. The fourth-order valence-electron chi connectivity index (χ4n) is 2.41. The van der Waals surface area contributed by atoms with Crippen LogP contribution in [0.4, 0.5) is 5.69 Å². The zero-order valence-corrected chi connectivity index (χ0v) is 17.0. The number of hydrogen-bond acceptors (Lipinski definition) is 6. The van der Waals surface area contributed by atoms with Crippen molar-refractivity contribution >= 4 is 22.9 Å². The first-order valence-electron chi connectivity index (χ1n) is 9.21. The van der Waals surface area contributed by atoms with E-state index in [1.807, 2.05) is 62.5 Å². The summed E-state index contributed by atoms with van der Waals surface area (Å²) in [5.41, 5.74) is 1.58. The first-order valence-corrected chi connectivity index (χ1v) is 10.1. The lowest BCUT2D eigenvalue weighted by atomic mass is 10.2. The smallest absolute Gasteiger partial charge is 0.336 e. The van der Waals surface area contributed by atoms with Crippen LogP contribution in [0.1, 0.15) is 20.8 Å². The number of nitrogens with one attached hydrogen (secondary N) is 1. The van der Waals surface area contributed by atoms with Gasteiger partial charge in [-0.05, 0) is 42.6 Å². The van der Waals surface area contributed by atoms with Gasteiger partial charge in [-0.2, -0.15) is 4.98 Å². The van der Waals surface area contributed by atoms with Gasteiger partial charge in [0.05, 0.1) is 17.2 Å². The third-order valence-electron chi connectivity index (χ3n) is 3.90. The summed E-state index contributed by atoms with van der Waals surface area (Å²) in [7, 11) is 0. The summed E-state index contributed by atoms with van der Waals surface area (Å²) in [5, 5.41) is 9.38. The molecule has 3 rings (SSSR count). The van der Waals surface area contributed by atoms with Gasteiger partial charge >= 0.3 is 6.01 Å². The van der Waals surface area contributed by atoms with Crippen LogP contribution in [0.3, 0.4) is 0 Å². The topological polar surface area (TPSA) is 78.3 Å². The van der Waals surface area contributed by atoms with E-state index >= 15 is 0 Å². The van der Waals surface area contributed by atoms with Gasteiger partial charge in [-0.25, -0.2) is 4.68 Å². The first kappa shape index (κ1) is 20.0. The van der Waals surface area contributed by atoms with E-state index in [9.17, 15) is 4.79 Å². The Balaban J connectivity index is 1.83. The van der Waals surface area contributed by atoms with Crippen LogP contribution >= 0.6 is 11.3 Å². The third-order valence-corrected chi connectivity index (χ3v) is 4.76. The fourth-order valence-corrected chi connectivity index (χ4v) is 3.11. The minimum Gasteiger partial charge on any atom is -0.460 e. The van der Waals surface area contributed by atoms with Crippen LogP contribution < -0.4 is 10.1 Å². The molecular formula is C20H24N4O3S. The molecule has 1 N–H and O–H groups in total. The Hall–Kier alpha value is -2.71. The molecule has 28 heavy (non-hydrogen) atoms. The molecule has 0 spiro atoms. The summed E-state index contributed by atoms with van der Waals surface area (Å²) >= 11 is 1.58. The van der Waals surface area contributed by atoms with E-state index in [2.05, 4.69) is 15.4 Å². The van der Waals surface area contributed by atoms with Gasteiger partial charge in [0, 0.05) is 18.2 Å². The van der Waals surface area contributed by atoms with Gasteiger partial charge in [-0.3, -0.25) is 4.79 Å². The molecule has 1 amide bonds. The van der Waals surface area contributed by atoms with Crippen molar-refractivity contribution in [3.8, 4) is 22.4 Å². The van der Waals surface area contributed by atoms with Crippen LogP contribution in [0, 0.1) is 5.92 Å². The first-order chi connectivity index (χ1) is 13.6. The number of hydrogen-bond donors (Lipinski definition) is 1. The average molecular weight is 401 g/mol. The summed E-state index contributed by atoms with van der Waals surface area (Å²) in [6, 6.07) is 11.8. The number of nitrogens with zero attached hydrogens (tertiary/aromatic N) is 3. The van der Waals surface area contributed by atoms with Crippen LogP contribution in [0.15, 0.2) is 41.8 Å². The van der Waals surface area contributed by atoms with Gasteiger partial charge in [0.1, 0.15) is 6.61 Å². The molecule has 0 unspecified atom stereocenters. The third kappa shape index (κ3) is 4.96. The Kier molecular flexibility index (Phi) is 6.78. The lowest BCUT2D eigenvalue weighted by Gasteiger charge is -2.09. The van der Waals surface area contributed by atoms with Crippen molar-refractivity contribution in [1.82, 2.24) is 14.8 Å². The van der Waals surface area contributed by atoms with Crippen molar-refractivity contribution in [2.45, 2.75) is 20.8 Å². The number of carbonyl (C=O) groups is 1. The SMILES string of the molecule is CCOCCOc1nc(-c2cccs2)n(-c2ccc(NC(=O)C(C)C)cc2)n1. The minimum atomic E-state index is -0.0724. The standard InChI is InChI=1S/C20H24N4O3S/c1-4-26-11-12-27-20-22-18(17-6-5-13-28-17)24(23-20)16-9-7-15(8-10-16)21-19(25)14(2)3/h5-10,13-14H,4,11-12H2,1-3H3,(H,21,25). The number of benzene rings is 1. The summed E-state index contributed by atoms with van der Waals surface area (Å²) in [5.74, 6) is 0.620. The highest BCUT2D eigenvalue weighted by Gasteiger charge is 2.16. The van der Waals surface area contributed by atoms with Crippen molar-refractivity contribution in [3.05, 3.63) is 41.8 Å². The molecule has 3 aromatic rings. The Morgan fingerprint density at radius 3 is 2.64 bits per heavy atom. The Morgan fingerprint density at radius 1 is 1.21 bits per heavy atom. The molecule has 1 aromatic carbocycles. The predicted molar refractivity (Wildman–Crippen MR) is 110 cm³/mol. The average Bonchev–Trinajstić information content (AvgIpc) is 3.35. The second-order valence-corrected chi connectivity index (χ2v) is 7.29. The molecule has 0 aliphatic rings. The van der Waals surface area contributed by atoms with Gasteiger partial charge in [0.25, 0.3) is 0 Å². The molecule has 0 aliphatic carbocycles. The van der Waals surface area contributed by atoms with Crippen molar-refractivity contribution in [1.29, 1.82) is 0 Å². The second-order valence-electron chi connectivity index (χ2n) is 6.34. The molecule has 0 bridgehead atoms. The molecule has 0 saturated carbocycles. The summed E-state index contributed by atoms with van der Waals surface area (Å²) in [6.07, 6.45) is 0. The molecule has 8 heteroatoms. The van der Waals surface area contributed by atoms with E-state index in [-0.39, 0.29) is 11.8 Å². The molecule has 0 aliphatic heterocycles. The molecule has 7 nitrogen and oxygen atoms in total. The van der Waals surface area contributed by atoms with Gasteiger partial charge in [-0.1, -0.05) is 19.9 Å². The highest BCUT2D eigenvalue weighted by atomic mass is 32.1. The maximum absolute atomic E-state index is 11.9. The van der Waals surface area contributed by atoms with E-state index in [4.69, 9.17) is 9.47 Å². The number of amides is 1. The molecule has 2 aromatic heterocycles. The molecule has 2 heterocycles.